The molecule has 0 saturated carbocycles. The number of primary amides is 1. The van der Waals surface area contributed by atoms with E-state index < -0.39 is 35.8 Å². The molecule has 1 fully saturated rings. The molecule has 1 aromatic heterocycles. The zero-order valence-corrected chi connectivity index (χ0v) is 15.0. The molecule has 2 rings (SSSR count). The standard InChI is InChI=1S/C17H23N5O5/c1-3-7-19-17(26)20-11-6-8-22(15(24)12-5-4-9-27-12)14(11)16(25)21(2)10-13(18)23/h3-5,9,11,14H,1,6-8,10H2,2H3,(H2,18,23)(H2,19,20,26)/t11-,14-/m0/s1. The van der Waals surface area contributed by atoms with Gasteiger partial charge >= 0.3 is 6.03 Å². The Morgan fingerprint density at radius 2 is 2.19 bits per heavy atom. The number of hydrogen-bond donors (Lipinski definition) is 3. The largest absolute Gasteiger partial charge is 0.459 e. The van der Waals surface area contributed by atoms with Gasteiger partial charge in [-0.2, -0.15) is 0 Å². The second kappa shape index (κ2) is 8.88. The number of carbonyl (C=O) groups excluding carboxylic acids is 4. The van der Waals surface area contributed by atoms with Gasteiger partial charge in [-0.15, -0.1) is 6.58 Å². The van der Waals surface area contributed by atoms with Crippen molar-refractivity contribution in [3.8, 4) is 0 Å². The molecular weight excluding hydrogens is 354 g/mol. The first-order valence-electron chi connectivity index (χ1n) is 8.38. The van der Waals surface area contributed by atoms with Crippen LogP contribution in [0.1, 0.15) is 17.0 Å². The predicted octanol–water partition coefficient (Wildman–Crippen LogP) is -0.708. The fourth-order valence-corrected chi connectivity index (χ4v) is 2.94. The van der Waals surface area contributed by atoms with E-state index in [0.717, 1.165) is 4.90 Å². The van der Waals surface area contributed by atoms with Crippen LogP contribution in [-0.2, 0) is 9.59 Å². The van der Waals surface area contributed by atoms with E-state index in [2.05, 4.69) is 17.2 Å². The Bertz CT molecular complexity index is 717. The number of carbonyl (C=O) groups is 4. The third-order valence-corrected chi connectivity index (χ3v) is 4.14. The molecule has 1 aliphatic rings. The van der Waals surface area contributed by atoms with E-state index >= 15 is 0 Å². The lowest BCUT2D eigenvalue weighted by molar-refractivity contribution is -0.137. The monoisotopic (exact) mass is 377 g/mol. The molecule has 2 heterocycles. The summed E-state index contributed by atoms with van der Waals surface area (Å²) < 4.78 is 5.13. The van der Waals surface area contributed by atoms with Gasteiger partial charge in [-0.3, -0.25) is 14.4 Å². The van der Waals surface area contributed by atoms with Crippen molar-refractivity contribution in [2.75, 3.05) is 26.7 Å². The summed E-state index contributed by atoms with van der Waals surface area (Å²) >= 11 is 0. The number of likely N-dealkylation sites (tertiary alicyclic amines) is 1. The number of urea groups is 1. The Kier molecular flexibility index (Phi) is 6.58. The van der Waals surface area contributed by atoms with Crippen molar-refractivity contribution in [1.82, 2.24) is 20.4 Å². The van der Waals surface area contributed by atoms with Gasteiger partial charge in [0.05, 0.1) is 18.8 Å². The highest BCUT2D eigenvalue weighted by Crippen LogP contribution is 2.23. The molecule has 4 N–H and O–H groups in total. The molecule has 0 unspecified atom stereocenters. The highest BCUT2D eigenvalue weighted by Gasteiger charge is 2.44. The van der Waals surface area contributed by atoms with E-state index in [1.807, 2.05) is 0 Å². The Balaban J connectivity index is 2.21. The minimum Gasteiger partial charge on any atom is -0.459 e. The zero-order chi connectivity index (χ0) is 20.0. The van der Waals surface area contributed by atoms with Gasteiger partial charge in [0.2, 0.25) is 11.8 Å². The summed E-state index contributed by atoms with van der Waals surface area (Å²) in [5.74, 6) is -1.56. The van der Waals surface area contributed by atoms with Gasteiger partial charge in [0, 0.05) is 20.1 Å². The highest BCUT2D eigenvalue weighted by molar-refractivity contribution is 5.97. The summed E-state index contributed by atoms with van der Waals surface area (Å²) in [6.45, 7) is 3.71. The van der Waals surface area contributed by atoms with Crippen LogP contribution >= 0.6 is 0 Å². The number of amides is 5. The van der Waals surface area contributed by atoms with Gasteiger partial charge in [0.15, 0.2) is 5.76 Å². The van der Waals surface area contributed by atoms with E-state index in [1.54, 1.807) is 6.07 Å². The van der Waals surface area contributed by atoms with Crippen molar-refractivity contribution in [3.05, 3.63) is 36.8 Å². The third kappa shape index (κ3) is 4.87. The van der Waals surface area contributed by atoms with E-state index in [1.165, 1.54) is 30.4 Å². The van der Waals surface area contributed by atoms with Crippen molar-refractivity contribution in [1.29, 1.82) is 0 Å². The van der Waals surface area contributed by atoms with Gasteiger partial charge in [-0.25, -0.2) is 4.79 Å². The van der Waals surface area contributed by atoms with Crippen LogP contribution in [0.4, 0.5) is 4.79 Å². The molecule has 1 aromatic rings. The molecule has 0 aliphatic carbocycles. The van der Waals surface area contributed by atoms with Crippen LogP contribution in [0.25, 0.3) is 0 Å². The predicted molar refractivity (Wildman–Crippen MR) is 95.5 cm³/mol. The summed E-state index contributed by atoms with van der Waals surface area (Å²) in [4.78, 5) is 51.2. The molecule has 2 atom stereocenters. The van der Waals surface area contributed by atoms with E-state index in [-0.39, 0.29) is 25.4 Å². The van der Waals surface area contributed by atoms with Gasteiger partial charge in [-0.05, 0) is 18.6 Å². The number of rotatable bonds is 7. The maximum atomic E-state index is 12.9. The van der Waals surface area contributed by atoms with Crippen LogP contribution in [0, 0.1) is 0 Å². The molecule has 10 heteroatoms. The number of nitrogens with two attached hydrogens (primary N) is 1. The normalized spacial score (nSPS) is 18.6. The van der Waals surface area contributed by atoms with E-state index in [0.29, 0.717) is 6.42 Å². The first-order chi connectivity index (χ1) is 12.8. The van der Waals surface area contributed by atoms with Crippen LogP contribution < -0.4 is 16.4 Å². The van der Waals surface area contributed by atoms with Crippen LogP contribution in [0.2, 0.25) is 0 Å². The Morgan fingerprint density at radius 3 is 2.78 bits per heavy atom. The van der Waals surface area contributed by atoms with E-state index in [9.17, 15) is 19.2 Å². The second-order valence-corrected chi connectivity index (χ2v) is 6.12. The molecule has 1 saturated heterocycles. The molecule has 1 aliphatic heterocycles. The van der Waals surface area contributed by atoms with Crippen molar-refractivity contribution in [3.63, 3.8) is 0 Å². The summed E-state index contributed by atoms with van der Waals surface area (Å²) in [6, 6.07) is 0.965. The van der Waals surface area contributed by atoms with Crippen molar-refractivity contribution >= 4 is 23.8 Å². The molecule has 27 heavy (non-hydrogen) atoms. The molecule has 5 amide bonds. The van der Waals surface area contributed by atoms with Crippen LogP contribution in [0.5, 0.6) is 0 Å². The summed E-state index contributed by atoms with van der Waals surface area (Å²) in [5, 5.41) is 5.26. The minimum atomic E-state index is -0.985. The molecule has 0 radical (unpaired) electrons. The maximum absolute atomic E-state index is 12.9. The van der Waals surface area contributed by atoms with Gasteiger partial charge in [0.1, 0.15) is 6.04 Å². The number of furan rings is 1. The van der Waals surface area contributed by atoms with Gasteiger partial charge in [0.25, 0.3) is 5.91 Å². The molecule has 146 valence electrons. The number of nitrogens with zero attached hydrogens (tertiary/aromatic N) is 2. The lowest BCUT2D eigenvalue weighted by Crippen LogP contribution is -2.57. The fourth-order valence-electron chi connectivity index (χ4n) is 2.94. The first kappa shape index (κ1) is 20.0. The summed E-state index contributed by atoms with van der Waals surface area (Å²) in [5.41, 5.74) is 5.15. The lowest BCUT2D eigenvalue weighted by atomic mass is 10.1. The molecular formula is C17H23N5O5. The number of nitrogens with one attached hydrogen (secondary N) is 2. The highest BCUT2D eigenvalue weighted by atomic mass is 16.3. The number of likely N-dealkylation sites (N-methyl/N-ethyl adjacent to an activating group) is 1. The smallest absolute Gasteiger partial charge is 0.315 e. The van der Waals surface area contributed by atoms with Crippen LogP contribution in [0.15, 0.2) is 35.5 Å². The van der Waals surface area contributed by atoms with Gasteiger partial charge < -0.3 is 30.6 Å². The SMILES string of the molecule is C=CCNC(=O)N[C@H]1CCN(C(=O)c2ccco2)[C@@H]1C(=O)N(C)CC(N)=O. The Hall–Kier alpha value is -3.30. The average Bonchev–Trinajstić information content (AvgIpc) is 3.28. The Morgan fingerprint density at radius 1 is 1.44 bits per heavy atom. The summed E-state index contributed by atoms with van der Waals surface area (Å²) in [7, 11) is 1.41. The maximum Gasteiger partial charge on any atom is 0.315 e. The molecule has 0 bridgehead atoms. The Labute approximate surface area is 156 Å². The molecule has 0 aromatic carbocycles. The van der Waals surface area contributed by atoms with Crippen molar-refractivity contribution < 1.29 is 23.6 Å². The van der Waals surface area contributed by atoms with Crippen molar-refractivity contribution in [2.45, 2.75) is 18.5 Å². The zero-order valence-electron chi connectivity index (χ0n) is 15.0. The minimum absolute atomic E-state index is 0.0853. The third-order valence-electron chi connectivity index (χ3n) is 4.14. The fraction of sp³-hybridized carbons (Fsp3) is 0.412. The molecule has 10 nitrogen and oxygen atoms in total. The van der Waals surface area contributed by atoms with Crippen molar-refractivity contribution in [2.24, 2.45) is 5.73 Å². The molecule has 0 spiro atoms. The van der Waals surface area contributed by atoms with E-state index in [4.69, 9.17) is 10.2 Å². The quantitative estimate of drug-likeness (QED) is 0.539. The van der Waals surface area contributed by atoms with Crippen LogP contribution in [0.3, 0.4) is 0 Å². The number of hydrogen-bond acceptors (Lipinski definition) is 5. The topological polar surface area (TPSA) is 138 Å². The second-order valence-electron chi connectivity index (χ2n) is 6.12. The summed E-state index contributed by atoms with van der Waals surface area (Å²) in [6.07, 6.45) is 3.25. The lowest BCUT2D eigenvalue weighted by Gasteiger charge is -2.30. The average molecular weight is 377 g/mol. The first-order valence-corrected chi connectivity index (χ1v) is 8.38. The van der Waals surface area contributed by atoms with Crippen LogP contribution in [-0.4, -0.2) is 72.3 Å². The van der Waals surface area contributed by atoms with Gasteiger partial charge in [-0.1, -0.05) is 6.08 Å².